The zero-order chi connectivity index (χ0) is 15.7. The highest BCUT2D eigenvalue weighted by molar-refractivity contribution is 14.1. The van der Waals surface area contributed by atoms with Gasteiger partial charge in [0.2, 0.25) is 0 Å². The summed E-state index contributed by atoms with van der Waals surface area (Å²) in [6, 6.07) is 12.1. The fourth-order valence-electron chi connectivity index (χ4n) is 2.23. The molecular weight excluding hydrogens is 415 g/mol. The summed E-state index contributed by atoms with van der Waals surface area (Å²) in [5, 5.41) is 0. The van der Waals surface area contributed by atoms with Gasteiger partial charge in [-0.05, 0) is 65.1 Å². The summed E-state index contributed by atoms with van der Waals surface area (Å²) in [6.07, 6.45) is 0. The molecule has 5 nitrogen and oxygen atoms in total. The standard InChI is InChI=1S/C15H15IN2O3S/c1-18-8-9-21-15-7-6-13(10-14(15)18)22(19,20)17-12-4-2-11(16)3-5-12/h2-7,10,17H,8-9H2,1H3. The summed E-state index contributed by atoms with van der Waals surface area (Å²) in [5.74, 6) is 0.710. The molecule has 0 radical (unpaired) electrons. The van der Waals surface area contributed by atoms with Crippen LogP contribution in [0.15, 0.2) is 47.4 Å². The summed E-state index contributed by atoms with van der Waals surface area (Å²) in [5.41, 5.74) is 1.33. The number of hydrogen-bond acceptors (Lipinski definition) is 4. The van der Waals surface area contributed by atoms with Crippen LogP contribution in [0.3, 0.4) is 0 Å². The molecule has 0 aliphatic carbocycles. The number of sulfonamides is 1. The van der Waals surface area contributed by atoms with Crippen molar-refractivity contribution in [1.29, 1.82) is 0 Å². The fourth-order valence-corrected chi connectivity index (χ4v) is 3.67. The van der Waals surface area contributed by atoms with Crippen LogP contribution in [0.25, 0.3) is 0 Å². The Kier molecular flexibility index (Phi) is 4.18. The lowest BCUT2D eigenvalue weighted by Crippen LogP contribution is -2.29. The number of halogens is 1. The zero-order valence-corrected chi connectivity index (χ0v) is 14.9. The van der Waals surface area contributed by atoms with E-state index in [1.807, 2.05) is 24.1 Å². The molecule has 0 amide bonds. The largest absolute Gasteiger partial charge is 0.490 e. The minimum atomic E-state index is -3.62. The van der Waals surface area contributed by atoms with Gasteiger partial charge in [0.1, 0.15) is 12.4 Å². The van der Waals surface area contributed by atoms with E-state index in [1.54, 1.807) is 30.3 Å². The molecule has 1 N–H and O–H groups in total. The lowest BCUT2D eigenvalue weighted by molar-refractivity contribution is 0.311. The van der Waals surface area contributed by atoms with Crippen molar-refractivity contribution in [2.75, 3.05) is 29.8 Å². The van der Waals surface area contributed by atoms with Gasteiger partial charge in [-0.2, -0.15) is 0 Å². The van der Waals surface area contributed by atoms with Crippen LogP contribution in [0.5, 0.6) is 5.75 Å². The van der Waals surface area contributed by atoms with Gasteiger partial charge in [0, 0.05) is 16.3 Å². The molecule has 0 aromatic heterocycles. The molecule has 0 atom stereocenters. The van der Waals surface area contributed by atoms with Crippen molar-refractivity contribution < 1.29 is 13.2 Å². The third kappa shape index (κ3) is 3.14. The van der Waals surface area contributed by atoms with Gasteiger partial charge in [-0.1, -0.05) is 0 Å². The van der Waals surface area contributed by atoms with Crippen molar-refractivity contribution in [3.05, 3.63) is 46.0 Å². The minimum Gasteiger partial charge on any atom is -0.490 e. The first-order valence-corrected chi connectivity index (χ1v) is 9.28. The molecular formula is C15H15IN2O3S. The molecule has 2 aromatic rings. The van der Waals surface area contributed by atoms with Crippen molar-refractivity contribution >= 4 is 44.0 Å². The van der Waals surface area contributed by atoms with Gasteiger partial charge < -0.3 is 9.64 Å². The Morgan fingerprint density at radius 3 is 2.64 bits per heavy atom. The Bertz CT molecular complexity index is 791. The topological polar surface area (TPSA) is 58.6 Å². The highest BCUT2D eigenvalue weighted by Crippen LogP contribution is 2.33. The Morgan fingerprint density at radius 2 is 1.91 bits per heavy atom. The van der Waals surface area contributed by atoms with Gasteiger partial charge in [0.15, 0.2) is 0 Å². The van der Waals surface area contributed by atoms with E-state index in [2.05, 4.69) is 27.3 Å². The molecule has 0 fully saturated rings. The molecule has 1 heterocycles. The second-order valence-electron chi connectivity index (χ2n) is 5.01. The smallest absolute Gasteiger partial charge is 0.261 e. The number of rotatable bonds is 3. The quantitative estimate of drug-likeness (QED) is 0.762. The van der Waals surface area contributed by atoms with Crippen LogP contribution in [0.2, 0.25) is 0 Å². The van der Waals surface area contributed by atoms with Gasteiger partial charge in [0.05, 0.1) is 17.1 Å². The van der Waals surface area contributed by atoms with Crippen molar-refractivity contribution in [2.24, 2.45) is 0 Å². The number of benzene rings is 2. The second kappa shape index (κ2) is 5.96. The van der Waals surface area contributed by atoms with Crippen LogP contribution in [-0.4, -0.2) is 28.6 Å². The Labute approximate surface area is 143 Å². The third-order valence-electron chi connectivity index (χ3n) is 3.43. The van der Waals surface area contributed by atoms with E-state index < -0.39 is 10.0 Å². The van der Waals surface area contributed by atoms with E-state index in [4.69, 9.17) is 4.74 Å². The maximum atomic E-state index is 12.5. The van der Waals surface area contributed by atoms with Crippen molar-refractivity contribution in [1.82, 2.24) is 0 Å². The van der Waals surface area contributed by atoms with Gasteiger partial charge in [-0.25, -0.2) is 8.42 Å². The predicted octanol–water partition coefficient (Wildman–Crippen LogP) is 2.92. The molecule has 0 bridgehead atoms. The fraction of sp³-hybridized carbons (Fsp3) is 0.200. The highest BCUT2D eigenvalue weighted by atomic mass is 127. The molecule has 0 spiro atoms. The maximum absolute atomic E-state index is 12.5. The molecule has 0 unspecified atom stereocenters. The van der Waals surface area contributed by atoms with E-state index in [0.717, 1.165) is 15.8 Å². The molecule has 3 rings (SSSR count). The Morgan fingerprint density at radius 1 is 1.18 bits per heavy atom. The van der Waals surface area contributed by atoms with Gasteiger partial charge in [-0.15, -0.1) is 0 Å². The third-order valence-corrected chi connectivity index (χ3v) is 5.53. The number of fused-ring (bicyclic) bond motifs is 1. The van der Waals surface area contributed by atoms with Crippen LogP contribution in [0.1, 0.15) is 0 Å². The lowest BCUT2D eigenvalue weighted by atomic mass is 10.2. The number of likely N-dealkylation sites (N-methyl/N-ethyl adjacent to an activating group) is 1. The van der Waals surface area contributed by atoms with Crippen LogP contribution in [0, 0.1) is 3.57 Å². The summed E-state index contributed by atoms with van der Waals surface area (Å²) in [7, 11) is -1.70. The number of nitrogens with one attached hydrogen (secondary N) is 1. The molecule has 22 heavy (non-hydrogen) atoms. The monoisotopic (exact) mass is 430 g/mol. The second-order valence-corrected chi connectivity index (χ2v) is 7.94. The van der Waals surface area contributed by atoms with E-state index in [-0.39, 0.29) is 4.90 Å². The number of nitrogens with zero attached hydrogens (tertiary/aromatic N) is 1. The minimum absolute atomic E-state index is 0.224. The maximum Gasteiger partial charge on any atom is 0.261 e. The first kappa shape index (κ1) is 15.4. The number of ether oxygens (including phenoxy) is 1. The molecule has 2 aromatic carbocycles. The van der Waals surface area contributed by atoms with Crippen molar-refractivity contribution in [3.63, 3.8) is 0 Å². The van der Waals surface area contributed by atoms with Crippen LogP contribution in [0.4, 0.5) is 11.4 Å². The van der Waals surface area contributed by atoms with Crippen LogP contribution in [-0.2, 0) is 10.0 Å². The number of anilines is 2. The first-order valence-electron chi connectivity index (χ1n) is 6.72. The summed E-state index contributed by atoms with van der Waals surface area (Å²) >= 11 is 2.17. The Hall–Kier alpha value is -1.48. The SMILES string of the molecule is CN1CCOc2ccc(S(=O)(=O)Nc3ccc(I)cc3)cc21. The van der Waals surface area contributed by atoms with Gasteiger partial charge in [0.25, 0.3) is 10.0 Å². The van der Waals surface area contributed by atoms with E-state index in [0.29, 0.717) is 18.0 Å². The molecule has 0 saturated heterocycles. The average Bonchev–Trinajstić information content (AvgIpc) is 2.49. The Balaban J connectivity index is 1.92. The van der Waals surface area contributed by atoms with E-state index >= 15 is 0 Å². The molecule has 1 aliphatic rings. The van der Waals surface area contributed by atoms with Gasteiger partial charge >= 0.3 is 0 Å². The molecule has 0 saturated carbocycles. The average molecular weight is 430 g/mol. The predicted molar refractivity (Wildman–Crippen MR) is 95.2 cm³/mol. The van der Waals surface area contributed by atoms with E-state index in [1.165, 1.54) is 0 Å². The molecule has 1 aliphatic heterocycles. The lowest BCUT2D eigenvalue weighted by Gasteiger charge is -2.28. The van der Waals surface area contributed by atoms with E-state index in [9.17, 15) is 8.42 Å². The zero-order valence-electron chi connectivity index (χ0n) is 11.9. The summed E-state index contributed by atoms with van der Waals surface area (Å²) in [6.45, 7) is 1.34. The highest BCUT2D eigenvalue weighted by Gasteiger charge is 2.20. The normalized spacial score (nSPS) is 14.2. The van der Waals surface area contributed by atoms with Crippen molar-refractivity contribution in [3.8, 4) is 5.75 Å². The number of hydrogen-bond donors (Lipinski definition) is 1. The molecule has 116 valence electrons. The summed E-state index contributed by atoms with van der Waals surface area (Å²) < 4.78 is 34.2. The first-order chi connectivity index (χ1) is 10.5. The van der Waals surface area contributed by atoms with Crippen LogP contribution >= 0.6 is 22.6 Å². The molecule has 7 heteroatoms. The summed E-state index contributed by atoms with van der Waals surface area (Å²) in [4.78, 5) is 2.21. The van der Waals surface area contributed by atoms with Crippen LogP contribution < -0.4 is 14.4 Å². The van der Waals surface area contributed by atoms with Gasteiger partial charge in [-0.3, -0.25) is 4.72 Å². The van der Waals surface area contributed by atoms with Crippen molar-refractivity contribution in [2.45, 2.75) is 4.90 Å².